The SMILES string of the molecule is CN1[C@@H](C(=O)N[C@H](C=O)Cc2ccccc2)Cc2cc(N3CCOCC3)ccc2S1(=O)=O. The summed E-state index contributed by atoms with van der Waals surface area (Å²) >= 11 is 0. The second-order valence-corrected chi connectivity index (χ2v) is 10.0. The predicted molar refractivity (Wildman–Crippen MR) is 120 cm³/mol. The van der Waals surface area contributed by atoms with Crippen LogP contribution in [-0.2, 0) is 37.2 Å². The van der Waals surface area contributed by atoms with Crippen LogP contribution in [-0.4, -0.2) is 70.4 Å². The molecular weight excluding hydrogens is 430 g/mol. The van der Waals surface area contributed by atoms with E-state index in [9.17, 15) is 18.0 Å². The molecule has 8 nitrogen and oxygen atoms in total. The number of amides is 1. The Morgan fingerprint density at radius 2 is 1.91 bits per heavy atom. The number of benzene rings is 2. The first-order chi connectivity index (χ1) is 15.4. The Kier molecular flexibility index (Phi) is 6.59. The zero-order valence-corrected chi connectivity index (χ0v) is 18.8. The molecule has 2 atom stereocenters. The monoisotopic (exact) mass is 457 g/mol. The Morgan fingerprint density at radius 1 is 1.19 bits per heavy atom. The standard InChI is InChI=1S/C23H27N3O5S/c1-25-21(23(28)24-19(16-27)13-17-5-3-2-4-6-17)15-18-14-20(26-9-11-31-12-10-26)7-8-22(18)32(25,29)30/h2-8,14,16,19,21H,9-13,15H2,1H3,(H,24,28)/t19-,21+/m0/s1. The minimum absolute atomic E-state index is 0.220. The van der Waals surface area contributed by atoms with Gasteiger partial charge in [0.2, 0.25) is 15.9 Å². The largest absolute Gasteiger partial charge is 0.378 e. The average molecular weight is 458 g/mol. The molecule has 1 fully saturated rings. The maximum Gasteiger partial charge on any atom is 0.243 e. The molecule has 2 aliphatic rings. The Labute approximate surface area is 188 Å². The van der Waals surface area contributed by atoms with E-state index in [0.717, 1.165) is 28.6 Å². The molecule has 0 unspecified atom stereocenters. The number of anilines is 1. The highest BCUT2D eigenvalue weighted by atomic mass is 32.2. The average Bonchev–Trinajstić information content (AvgIpc) is 2.82. The van der Waals surface area contributed by atoms with Gasteiger partial charge in [-0.1, -0.05) is 30.3 Å². The van der Waals surface area contributed by atoms with Crippen molar-refractivity contribution in [3.63, 3.8) is 0 Å². The van der Waals surface area contributed by atoms with Crippen LogP contribution in [0.15, 0.2) is 53.4 Å². The highest BCUT2D eigenvalue weighted by molar-refractivity contribution is 7.89. The summed E-state index contributed by atoms with van der Waals surface area (Å²) < 4.78 is 32.7. The lowest BCUT2D eigenvalue weighted by Crippen LogP contribution is -2.54. The number of likely N-dealkylation sites (N-methyl/N-ethyl adjacent to an activating group) is 1. The molecule has 1 amide bonds. The van der Waals surface area contributed by atoms with Gasteiger partial charge in [0.05, 0.1) is 24.2 Å². The second kappa shape index (κ2) is 9.40. The third-order valence-electron chi connectivity index (χ3n) is 6.02. The lowest BCUT2D eigenvalue weighted by molar-refractivity contribution is -0.127. The maximum atomic E-state index is 13.1. The van der Waals surface area contributed by atoms with Crippen LogP contribution < -0.4 is 10.2 Å². The van der Waals surface area contributed by atoms with E-state index in [2.05, 4.69) is 10.2 Å². The fourth-order valence-corrected chi connectivity index (χ4v) is 5.72. The lowest BCUT2D eigenvalue weighted by atomic mass is 10.0. The number of morpholine rings is 1. The third-order valence-corrected chi connectivity index (χ3v) is 7.99. The van der Waals surface area contributed by atoms with Crippen LogP contribution in [0.3, 0.4) is 0 Å². The summed E-state index contributed by atoms with van der Waals surface area (Å²) in [6.45, 7) is 2.71. The van der Waals surface area contributed by atoms with Gasteiger partial charge >= 0.3 is 0 Å². The van der Waals surface area contributed by atoms with Gasteiger partial charge in [-0.15, -0.1) is 0 Å². The van der Waals surface area contributed by atoms with Gasteiger partial charge in [0.15, 0.2) is 0 Å². The number of carbonyl (C=O) groups excluding carboxylic acids is 2. The molecule has 0 aliphatic carbocycles. The maximum absolute atomic E-state index is 13.1. The van der Waals surface area contributed by atoms with Crippen molar-refractivity contribution in [3.8, 4) is 0 Å². The number of carbonyl (C=O) groups is 2. The van der Waals surface area contributed by atoms with Crippen molar-refractivity contribution in [2.24, 2.45) is 0 Å². The molecular formula is C23H27N3O5S. The molecule has 2 aromatic rings. The van der Waals surface area contributed by atoms with Crippen molar-refractivity contribution in [2.45, 2.75) is 29.8 Å². The molecule has 1 saturated heterocycles. The van der Waals surface area contributed by atoms with Crippen LogP contribution >= 0.6 is 0 Å². The summed E-state index contributed by atoms with van der Waals surface area (Å²) in [4.78, 5) is 27.0. The quantitative estimate of drug-likeness (QED) is 0.650. The first-order valence-corrected chi connectivity index (χ1v) is 12.1. The van der Waals surface area contributed by atoms with E-state index in [4.69, 9.17) is 4.74 Å². The van der Waals surface area contributed by atoms with Crippen LogP contribution in [0, 0.1) is 0 Å². The number of hydrogen-bond donors (Lipinski definition) is 1. The first kappa shape index (κ1) is 22.4. The minimum atomic E-state index is -3.82. The second-order valence-electron chi connectivity index (χ2n) is 8.07. The fourth-order valence-electron chi connectivity index (χ4n) is 4.19. The highest BCUT2D eigenvalue weighted by Gasteiger charge is 2.40. The zero-order chi connectivity index (χ0) is 22.7. The van der Waals surface area contributed by atoms with Crippen LogP contribution in [0.4, 0.5) is 5.69 Å². The van der Waals surface area contributed by atoms with E-state index in [1.165, 1.54) is 7.05 Å². The van der Waals surface area contributed by atoms with E-state index >= 15 is 0 Å². The minimum Gasteiger partial charge on any atom is -0.378 e. The molecule has 0 aromatic heterocycles. The molecule has 2 heterocycles. The normalized spacial score (nSPS) is 21.4. The topological polar surface area (TPSA) is 96.0 Å². The number of nitrogens with one attached hydrogen (secondary N) is 1. The first-order valence-electron chi connectivity index (χ1n) is 10.6. The summed E-state index contributed by atoms with van der Waals surface area (Å²) in [5.41, 5.74) is 2.44. The number of ether oxygens (including phenoxy) is 1. The third kappa shape index (κ3) is 4.55. The number of rotatable bonds is 6. The molecule has 9 heteroatoms. The van der Waals surface area contributed by atoms with Crippen molar-refractivity contribution in [2.75, 3.05) is 38.3 Å². The van der Waals surface area contributed by atoms with Gasteiger partial charge in [0, 0.05) is 25.8 Å². The number of fused-ring (bicyclic) bond motifs is 1. The van der Waals surface area contributed by atoms with E-state index in [-0.39, 0.29) is 11.3 Å². The van der Waals surface area contributed by atoms with Crippen molar-refractivity contribution in [1.82, 2.24) is 9.62 Å². The van der Waals surface area contributed by atoms with Gasteiger partial charge in [-0.05, 0) is 42.2 Å². The molecule has 0 bridgehead atoms. The predicted octanol–water partition coefficient (Wildman–Crippen LogP) is 0.995. The Morgan fingerprint density at radius 3 is 2.59 bits per heavy atom. The summed E-state index contributed by atoms with van der Waals surface area (Å²) in [5.74, 6) is -0.480. The molecule has 2 aliphatic heterocycles. The van der Waals surface area contributed by atoms with Crippen molar-refractivity contribution in [1.29, 1.82) is 0 Å². The number of aldehydes is 1. The van der Waals surface area contributed by atoms with E-state index < -0.39 is 28.0 Å². The van der Waals surface area contributed by atoms with Gasteiger partial charge in [0.1, 0.15) is 12.3 Å². The van der Waals surface area contributed by atoms with Crippen LogP contribution in [0.5, 0.6) is 0 Å². The van der Waals surface area contributed by atoms with Crippen molar-refractivity contribution < 1.29 is 22.7 Å². The van der Waals surface area contributed by atoms with Crippen molar-refractivity contribution in [3.05, 3.63) is 59.7 Å². The molecule has 2 aromatic carbocycles. The molecule has 1 N–H and O–H groups in total. The highest BCUT2D eigenvalue weighted by Crippen LogP contribution is 2.32. The zero-order valence-electron chi connectivity index (χ0n) is 17.9. The van der Waals surface area contributed by atoms with Gasteiger partial charge < -0.3 is 19.7 Å². The summed E-state index contributed by atoms with van der Waals surface area (Å²) in [5, 5.41) is 2.72. The van der Waals surface area contributed by atoms with Gasteiger partial charge in [-0.25, -0.2) is 8.42 Å². The lowest BCUT2D eigenvalue weighted by Gasteiger charge is -2.34. The van der Waals surface area contributed by atoms with E-state index in [0.29, 0.717) is 31.5 Å². The smallest absolute Gasteiger partial charge is 0.243 e. The summed E-state index contributed by atoms with van der Waals surface area (Å²) in [7, 11) is -2.41. The molecule has 0 spiro atoms. The molecule has 0 radical (unpaired) electrons. The molecule has 0 saturated carbocycles. The van der Waals surface area contributed by atoms with Crippen LogP contribution in [0.2, 0.25) is 0 Å². The summed E-state index contributed by atoms with van der Waals surface area (Å²) in [6.07, 6.45) is 1.27. The number of sulfonamides is 1. The fraction of sp³-hybridized carbons (Fsp3) is 0.391. The number of nitrogens with zero attached hydrogens (tertiary/aromatic N) is 2. The van der Waals surface area contributed by atoms with Gasteiger partial charge in [0.25, 0.3) is 0 Å². The molecule has 32 heavy (non-hydrogen) atoms. The Hall–Kier alpha value is -2.75. The van der Waals surface area contributed by atoms with E-state index in [1.54, 1.807) is 12.1 Å². The summed E-state index contributed by atoms with van der Waals surface area (Å²) in [6, 6.07) is 13.0. The van der Waals surface area contributed by atoms with Gasteiger partial charge in [-0.2, -0.15) is 4.31 Å². The van der Waals surface area contributed by atoms with Crippen LogP contribution in [0.1, 0.15) is 11.1 Å². The van der Waals surface area contributed by atoms with E-state index in [1.807, 2.05) is 36.4 Å². The van der Waals surface area contributed by atoms with Crippen LogP contribution in [0.25, 0.3) is 0 Å². The Bertz CT molecular complexity index is 1080. The van der Waals surface area contributed by atoms with Crippen molar-refractivity contribution >= 4 is 27.9 Å². The molecule has 4 rings (SSSR count). The molecule has 170 valence electrons. The number of hydrogen-bond acceptors (Lipinski definition) is 6. The Balaban J connectivity index is 1.55. The van der Waals surface area contributed by atoms with Gasteiger partial charge in [-0.3, -0.25) is 4.79 Å².